The SMILES string of the molecule is c1ccc(C2(CC3CO3)c3ccccc3-c3ccccc32)cc1. The van der Waals surface area contributed by atoms with Crippen LogP contribution in [0.2, 0.25) is 0 Å². The first-order chi connectivity index (χ1) is 11.4. The predicted molar refractivity (Wildman–Crippen MR) is 92.6 cm³/mol. The highest BCUT2D eigenvalue weighted by atomic mass is 16.6. The Morgan fingerprint density at radius 1 is 0.739 bits per heavy atom. The Labute approximate surface area is 136 Å². The number of epoxide rings is 1. The average molecular weight is 298 g/mol. The van der Waals surface area contributed by atoms with Crippen molar-refractivity contribution in [2.24, 2.45) is 0 Å². The molecule has 2 aliphatic rings. The number of rotatable bonds is 3. The minimum absolute atomic E-state index is 0.0877. The van der Waals surface area contributed by atoms with Gasteiger partial charge in [-0.25, -0.2) is 0 Å². The summed E-state index contributed by atoms with van der Waals surface area (Å²) in [6, 6.07) is 28.6. The van der Waals surface area contributed by atoms with Crippen molar-refractivity contribution in [3.8, 4) is 11.1 Å². The van der Waals surface area contributed by atoms with Gasteiger partial charge in [-0.2, -0.15) is 0 Å². The summed E-state index contributed by atoms with van der Waals surface area (Å²) in [4.78, 5) is 0. The molecule has 0 saturated carbocycles. The Morgan fingerprint density at radius 2 is 1.26 bits per heavy atom. The molecule has 3 aromatic rings. The minimum atomic E-state index is -0.0877. The molecule has 1 aliphatic carbocycles. The van der Waals surface area contributed by atoms with Gasteiger partial charge in [0.1, 0.15) is 0 Å². The van der Waals surface area contributed by atoms with Crippen molar-refractivity contribution in [3.05, 3.63) is 95.6 Å². The average Bonchev–Trinajstić information content (AvgIpc) is 3.40. The second-order valence-electron chi connectivity index (χ2n) is 6.52. The van der Waals surface area contributed by atoms with E-state index in [1.807, 2.05) is 0 Å². The monoisotopic (exact) mass is 298 g/mol. The molecule has 5 rings (SSSR count). The highest BCUT2D eigenvalue weighted by molar-refractivity contribution is 5.83. The van der Waals surface area contributed by atoms with Crippen molar-refractivity contribution in [2.45, 2.75) is 17.9 Å². The lowest BCUT2D eigenvalue weighted by Crippen LogP contribution is -2.28. The molecular formula is C22H18O. The maximum atomic E-state index is 5.65. The fourth-order valence-corrected chi connectivity index (χ4v) is 4.22. The molecule has 1 saturated heterocycles. The van der Waals surface area contributed by atoms with E-state index in [0.717, 1.165) is 13.0 Å². The summed E-state index contributed by atoms with van der Waals surface area (Å²) >= 11 is 0. The van der Waals surface area contributed by atoms with E-state index in [1.54, 1.807) is 0 Å². The molecule has 3 aromatic carbocycles. The van der Waals surface area contributed by atoms with Gasteiger partial charge in [-0.1, -0.05) is 78.9 Å². The predicted octanol–water partition coefficient (Wildman–Crippen LogP) is 4.79. The van der Waals surface area contributed by atoms with E-state index >= 15 is 0 Å². The lowest BCUT2D eigenvalue weighted by atomic mass is 9.69. The zero-order valence-electron chi connectivity index (χ0n) is 12.9. The maximum absolute atomic E-state index is 5.65. The van der Waals surface area contributed by atoms with Crippen LogP contribution in [0.1, 0.15) is 23.1 Å². The first-order valence-electron chi connectivity index (χ1n) is 8.26. The number of fused-ring (bicyclic) bond motifs is 3. The van der Waals surface area contributed by atoms with Crippen LogP contribution in [-0.4, -0.2) is 12.7 Å². The van der Waals surface area contributed by atoms with Crippen molar-refractivity contribution in [1.29, 1.82) is 0 Å². The molecule has 0 N–H and O–H groups in total. The first-order valence-corrected chi connectivity index (χ1v) is 8.26. The second-order valence-corrected chi connectivity index (χ2v) is 6.52. The van der Waals surface area contributed by atoms with Gasteiger partial charge in [0.05, 0.1) is 12.7 Å². The molecule has 1 aliphatic heterocycles. The molecule has 1 heteroatoms. The van der Waals surface area contributed by atoms with Crippen LogP contribution in [0.5, 0.6) is 0 Å². The Balaban J connectivity index is 1.86. The fourth-order valence-electron chi connectivity index (χ4n) is 4.22. The molecule has 1 heterocycles. The van der Waals surface area contributed by atoms with Crippen LogP contribution < -0.4 is 0 Å². The summed E-state index contributed by atoms with van der Waals surface area (Å²) in [5, 5.41) is 0. The molecular weight excluding hydrogens is 280 g/mol. The molecule has 0 spiro atoms. The third kappa shape index (κ3) is 1.83. The number of benzene rings is 3. The van der Waals surface area contributed by atoms with Gasteiger partial charge >= 0.3 is 0 Å². The standard InChI is InChI=1S/C22H18O/c1-2-8-16(9-3-1)22(14-17-15-23-17)20-12-6-4-10-18(20)19-11-5-7-13-21(19)22/h1-13,17H,14-15H2. The molecule has 23 heavy (non-hydrogen) atoms. The highest BCUT2D eigenvalue weighted by Crippen LogP contribution is 2.55. The third-order valence-electron chi connectivity index (χ3n) is 5.27. The van der Waals surface area contributed by atoms with Crippen molar-refractivity contribution in [2.75, 3.05) is 6.61 Å². The topological polar surface area (TPSA) is 12.5 Å². The molecule has 0 bridgehead atoms. The van der Waals surface area contributed by atoms with E-state index in [9.17, 15) is 0 Å². The van der Waals surface area contributed by atoms with Crippen LogP contribution in [0.25, 0.3) is 11.1 Å². The Morgan fingerprint density at radius 3 is 1.83 bits per heavy atom. The van der Waals surface area contributed by atoms with Gasteiger partial charge in [0.25, 0.3) is 0 Å². The zero-order valence-corrected chi connectivity index (χ0v) is 12.9. The van der Waals surface area contributed by atoms with Gasteiger partial charge in [-0.15, -0.1) is 0 Å². The lowest BCUT2D eigenvalue weighted by molar-refractivity contribution is 0.368. The molecule has 1 atom stereocenters. The number of hydrogen-bond donors (Lipinski definition) is 0. The van der Waals surface area contributed by atoms with Gasteiger partial charge in [0, 0.05) is 5.41 Å². The Kier molecular flexibility index (Phi) is 2.74. The molecule has 1 fully saturated rings. The smallest absolute Gasteiger partial charge is 0.0825 e. The van der Waals surface area contributed by atoms with E-state index < -0.39 is 0 Å². The van der Waals surface area contributed by atoms with Crippen LogP contribution in [0.3, 0.4) is 0 Å². The van der Waals surface area contributed by atoms with Crippen LogP contribution in [0.4, 0.5) is 0 Å². The summed E-state index contributed by atoms with van der Waals surface area (Å²) in [5.41, 5.74) is 6.86. The van der Waals surface area contributed by atoms with Crippen molar-refractivity contribution in [1.82, 2.24) is 0 Å². The molecule has 0 aromatic heterocycles. The zero-order chi connectivity index (χ0) is 15.3. The normalized spacial score (nSPS) is 19.9. The summed E-state index contributed by atoms with van der Waals surface area (Å²) in [7, 11) is 0. The molecule has 0 radical (unpaired) electrons. The van der Waals surface area contributed by atoms with Crippen LogP contribution in [0.15, 0.2) is 78.9 Å². The van der Waals surface area contributed by atoms with E-state index in [0.29, 0.717) is 6.10 Å². The summed E-state index contributed by atoms with van der Waals surface area (Å²) in [5.74, 6) is 0. The van der Waals surface area contributed by atoms with Gasteiger partial charge in [-0.05, 0) is 34.2 Å². The lowest BCUT2D eigenvalue weighted by Gasteiger charge is -2.32. The first kappa shape index (κ1) is 13.1. The van der Waals surface area contributed by atoms with E-state index in [4.69, 9.17) is 4.74 Å². The van der Waals surface area contributed by atoms with E-state index in [1.165, 1.54) is 27.8 Å². The van der Waals surface area contributed by atoms with Gasteiger partial charge in [0.15, 0.2) is 0 Å². The Bertz CT molecular complexity index is 816. The van der Waals surface area contributed by atoms with Crippen LogP contribution >= 0.6 is 0 Å². The number of ether oxygens (including phenoxy) is 1. The quantitative estimate of drug-likeness (QED) is 0.633. The van der Waals surface area contributed by atoms with Crippen molar-refractivity contribution in [3.63, 3.8) is 0 Å². The molecule has 1 nitrogen and oxygen atoms in total. The largest absolute Gasteiger partial charge is 0.373 e. The highest BCUT2D eigenvalue weighted by Gasteiger charge is 2.47. The summed E-state index contributed by atoms with van der Waals surface area (Å²) in [6.45, 7) is 0.888. The number of hydrogen-bond acceptors (Lipinski definition) is 1. The van der Waals surface area contributed by atoms with Gasteiger partial charge in [0.2, 0.25) is 0 Å². The fraction of sp³-hybridized carbons (Fsp3) is 0.182. The Hall–Kier alpha value is -2.38. The van der Waals surface area contributed by atoms with Crippen LogP contribution in [0, 0.1) is 0 Å². The van der Waals surface area contributed by atoms with E-state index in [2.05, 4.69) is 78.9 Å². The molecule has 112 valence electrons. The van der Waals surface area contributed by atoms with Gasteiger partial charge < -0.3 is 4.74 Å². The van der Waals surface area contributed by atoms with Gasteiger partial charge in [-0.3, -0.25) is 0 Å². The summed E-state index contributed by atoms with van der Waals surface area (Å²) in [6.07, 6.45) is 1.39. The van der Waals surface area contributed by atoms with Crippen molar-refractivity contribution >= 4 is 0 Å². The second kappa shape index (κ2) is 4.81. The van der Waals surface area contributed by atoms with E-state index in [-0.39, 0.29) is 5.41 Å². The molecule has 1 unspecified atom stereocenters. The van der Waals surface area contributed by atoms with Crippen molar-refractivity contribution < 1.29 is 4.74 Å². The third-order valence-corrected chi connectivity index (χ3v) is 5.27. The molecule has 0 amide bonds. The van der Waals surface area contributed by atoms with Crippen LogP contribution in [-0.2, 0) is 10.2 Å². The minimum Gasteiger partial charge on any atom is -0.373 e. The summed E-state index contributed by atoms with van der Waals surface area (Å²) < 4.78 is 5.65. The maximum Gasteiger partial charge on any atom is 0.0825 e.